The molecule has 1 radical (unpaired) electrons. The van der Waals surface area contributed by atoms with Gasteiger partial charge in [0.2, 0.25) is 0 Å². The Morgan fingerprint density at radius 3 is 2.36 bits per heavy atom. The summed E-state index contributed by atoms with van der Waals surface area (Å²) in [6.45, 7) is 6.27. The molecule has 2 unspecified atom stereocenters. The predicted molar refractivity (Wildman–Crippen MR) is 104 cm³/mol. The summed E-state index contributed by atoms with van der Waals surface area (Å²) in [6, 6.07) is 23.4. The standard InChI is InChI=1S/C21H23NO2P/c1-3-21(2,20-15-9-13-18-12-7-8-14-19(18)20)22-25(23,24)16-17-10-5-4-6-11-17/h4-15H,2-3,16H2,1H3,(H2,22,23,24). The van der Waals surface area contributed by atoms with Crippen molar-refractivity contribution >= 4 is 18.3 Å². The van der Waals surface area contributed by atoms with Crippen LogP contribution in [-0.2, 0) is 16.3 Å². The minimum Gasteiger partial charge on any atom is -0.333 e. The molecule has 0 aromatic heterocycles. The maximum absolute atomic E-state index is 12.9. The summed E-state index contributed by atoms with van der Waals surface area (Å²) in [6.07, 6.45) is 0.677. The van der Waals surface area contributed by atoms with Gasteiger partial charge >= 0.3 is 0 Å². The van der Waals surface area contributed by atoms with Gasteiger partial charge < -0.3 is 4.89 Å². The lowest BCUT2D eigenvalue weighted by molar-refractivity contribution is 0.406. The van der Waals surface area contributed by atoms with Crippen LogP contribution in [0.25, 0.3) is 10.8 Å². The van der Waals surface area contributed by atoms with Crippen molar-refractivity contribution in [3.8, 4) is 0 Å². The fourth-order valence-corrected chi connectivity index (χ4v) is 4.91. The SMILES string of the molecule is [CH2]C(CC)(NP(=O)(O)Cc1ccccc1)c1cccc2ccccc12. The van der Waals surface area contributed by atoms with Crippen molar-refractivity contribution in [3.05, 3.63) is 90.8 Å². The van der Waals surface area contributed by atoms with Crippen molar-refractivity contribution in [1.82, 2.24) is 5.09 Å². The predicted octanol–water partition coefficient (Wildman–Crippen LogP) is 5.25. The normalized spacial score (nSPS) is 16.3. The first-order valence-corrected chi connectivity index (χ1v) is 10.3. The third-order valence-corrected chi connectivity index (χ3v) is 6.11. The highest BCUT2D eigenvalue weighted by Crippen LogP contribution is 2.46. The van der Waals surface area contributed by atoms with Gasteiger partial charge in [-0.2, -0.15) is 0 Å². The van der Waals surface area contributed by atoms with Crippen LogP contribution in [0, 0.1) is 6.92 Å². The Morgan fingerprint density at radius 1 is 1.00 bits per heavy atom. The van der Waals surface area contributed by atoms with Gasteiger partial charge in [0, 0.05) is 0 Å². The molecule has 3 rings (SSSR count). The van der Waals surface area contributed by atoms with E-state index in [4.69, 9.17) is 0 Å². The van der Waals surface area contributed by atoms with Gasteiger partial charge in [-0.3, -0.25) is 4.57 Å². The van der Waals surface area contributed by atoms with Crippen molar-refractivity contribution in [2.24, 2.45) is 0 Å². The lowest BCUT2D eigenvalue weighted by Gasteiger charge is -2.33. The lowest BCUT2D eigenvalue weighted by Crippen LogP contribution is -2.37. The molecule has 2 atom stereocenters. The number of hydrogen-bond donors (Lipinski definition) is 2. The monoisotopic (exact) mass is 352 g/mol. The first kappa shape index (κ1) is 17.9. The Bertz CT molecular complexity index is 905. The number of nitrogens with one attached hydrogen (secondary N) is 1. The summed E-state index contributed by atoms with van der Waals surface area (Å²) < 4.78 is 12.9. The summed E-state index contributed by atoms with van der Waals surface area (Å²) >= 11 is 0. The maximum atomic E-state index is 12.9. The fraction of sp³-hybridized carbons (Fsp3) is 0.190. The largest absolute Gasteiger partial charge is 0.333 e. The molecular weight excluding hydrogens is 329 g/mol. The lowest BCUT2D eigenvalue weighted by atomic mass is 9.87. The van der Waals surface area contributed by atoms with Gasteiger partial charge in [-0.25, -0.2) is 5.09 Å². The second-order valence-corrected chi connectivity index (χ2v) is 8.36. The highest BCUT2D eigenvalue weighted by molar-refractivity contribution is 7.55. The molecule has 0 fully saturated rings. The molecule has 25 heavy (non-hydrogen) atoms. The fourth-order valence-electron chi connectivity index (χ4n) is 3.18. The van der Waals surface area contributed by atoms with E-state index >= 15 is 0 Å². The number of hydrogen-bond acceptors (Lipinski definition) is 1. The molecular formula is C21H23NO2P. The molecule has 0 heterocycles. The van der Waals surface area contributed by atoms with E-state index in [1.165, 1.54) is 0 Å². The van der Waals surface area contributed by atoms with Crippen molar-refractivity contribution in [1.29, 1.82) is 0 Å². The first-order chi connectivity index (χ1) is 11.9. The average Bonchev–Trinajstić information content (AvgIpc) is 2.61. The highest BCUT2D eigenvalue weighted by Gasteiger charge is 2.33. The number of rotatable bonds is 6. The quantitative estimate of drug-likeness (QED) is 0.595. The van der Waals surface area contributed by atoms with Crippen LogP contribution in [0.4, 0.5) is 0 Å². The zero-order valence-electron chi connectivity index (χ0n) is 14.4. The van der Waals surface area contributed by atoms with E-state index in [1.807, 2.05) is 79.7 Å². The molecule has 0 saturated carbocycles. The van der Waals surface area contributed by atoms with Crippen LogP contribution in [0.3, 0.4) is 0 Å². The van der Waals surface area contributed by atoms with Crippen LogP contribution in [0.1, 0.15) is 24.5 Å². The summed E-state index contributed by atoms with van der Waals surface area (Å²) in [4.78, 5) is 10.6. The van der Waals surface area contributed by atoms with Crippen molar-refractivity contribution in [3.63, 3.8) is 0 Å². The summed E-state index contributed by atoms with van der Waals surface area (Å²) in [5, 5.41) is 5.12. The summed E-state index contributed by atoms with van der Waals surface area (Å²) in [5.41, 5.74) is 0.938. The Balaban J connectivity index is 1.96. The molecule has 129 valence electrons. The van der Waals surface area contributed by atoms with Crippen molar-refractivity contribution < 1.29 is 9.46 Å². The Labute approximate surface area is 149 Å². The Hall–Kier alpha value is -1.93. The molecule has 0 spiro atoms. The van der Waals surface area contributed by atoms with Gasteiger partial charge in [0.15, 0.2) is 0 Å². The second-order valence-electron chi connectivity index (χ2n) is 6.42. The molecule has 0 amide bonds. The van der Waals surface area contributed by atoms with Gasteiger partial charge in [0.05, 0.1) is 11.7 Å². The highest BCUT2D eigenvalue weighted by atomic mass is 31.2. The first-order valence-electron chi connectivity index (χ1n) is 8.42. The molecule has 2 N–H and O–H groups in total. The summed E-state index contributed by atoms with van der Waals surface area (Å²) in [7, 11) is -3.61. The molecule has 0 aliphatic heterocycles. The molecule has 3 nitrogen and oxygen atoms in total. The second kappa shape index (κ2) is 7.13. The third-order valence-electron chi connectivity index (χ3n) is 4.54. The number of benzene rings is 3. The molecule has 3 aromatic carbocycles. The van der Waals surface area contributed by atoms with Crippen LogP contribution in [0.5, 0.6) is 0 Å². The molecule has 4 heteroatoms. The number of fused-ring (bicyclic) bond motifs is 1. The average molecular weight is 352 g/mol. The van der Waals surface area contributed by atoms with E-state index in [0.717, 1.165) is 21.9 Å². The zero-order valence-corrected chi connectivity index (χ0v) is 15.2. The van der Waals surface area contributed by atoms with Crippen molar-refractivity contribution in [2.75, 3.05) is 0 Å². The van der Waals surface area contributed by atoms with Crippen LogP contribution in [0.2, 0.25) is 0 Å². The van der Waals surface area contributed by atoms with Gasteiger partial charge in [0.25, 0.3) is 7.52 Å². The van der Waals surface area contributed by atoms with Gasteiger partial charge in [-0.1, -0.05) is 79.7 Å². The Kier molecular flexibility index (Phi) is 5.10. The van der Waals surface area contributed by atoms with Crippen molar-refractivity contribution in [2.45, 2.75) is 25.0 Å². The zero-order chi connectivity index (χ0) is 17.9. The molecule has 0 aliphatic carbocycles. The van der Waals surface area contributed by atoms with E-state index in [-0.39, 0.29) is 6.16 Å². The van der Waals surface area contributed by atoms with E-state index in [0.29, 0.717) is 6.42 Å². The molecule has 0 aliphatic rings. The van der Waals surface area contributed by atoms with Gasteiger partial charge in [-0.05, 0) is 35.2 Å². The van der Waals surface area contributed by atoms with Gasteiger partial charge in [-0.15, -0.1) is 0 Å². The maximum Gasteiger partial charge on any atom is 0.272 e. The van der Waals surface area contributed by atoms with E-state index in [2.05, 4.69) is 12.0 Å². The topological polar surface area (TPSA) is 49.3 Å². The van der Waals surface area contributed by atoms with E-state index in [1.54, 1.807) is 0 Å². The van der Waals surface area contributed by atoms with E-state index < -0.39 is 13.1 Å². The van der Waals surface area contributed by atoms with Crippen LogP contribution >= 0.6 is 7.52 Å². The van der Waals surface area contributed by atoms with Crippen LogP contribution in [0.15, 0.2) is 72.8 Å². The van der Waals surface area contributed by atoms with Crippen LogP contribution in [-0.4, -0.2) is 4.89 Å². The van der Waals surface area contributed by atoms with Gasteiger partial charge in [0.1, 0.15) is 0 Å². The van der Waals surface area contributed by atoms with E-state index in [9.17, 15) is 9.46 Å². The molecule has 0 saturated heterocycles. The smallest absolute Gasteiger partial charge is 0.272 e. The Morgan fingerprint density at radius 2 is 1.64 bits per heavy atom. The minimum absolute atomic E-state index is 0.0792. The minimum atomic E-state index is -3.61. The van der Waals surface area contributed by atoms with Crippen LogP contribution < -0.4 is 5.09 Å². The molecule has 0 bridgehead atoms. The third kappa shape index (κ3) is 4.01. The molecule has 3 aromatic rings. The summed E-state index contributed by atoms with van der Waals surface area (Å²) in [5.74, 6) is 0.